The molecule has 5 heteroatoms. The van der Waals surface area contributed by atoms with Crippen molar-refractivity contribution in [1.29, 1.82) is 0 Å². The van der Waals surface area contributed by atoms with Gasteiger partial charge in [-0.25, -0.2) is 8.42 Å². The average Bonchev–Trinajstić information content (AvgIpc) is 2.36. The highest BCUT2D eigenvalue weighted by atomic mass is 35.7. The number of ether oxygens (including phenoxy) is 1. The lowest BCUT2D eigenvalue weighted by Gasteiger charge is -2.03. The number of hydrogen-bond acceptors (Lipinski definition) is 3. The summed E-state index contributed by atoms with van der Waals surface area (Å²) in [6, 6.07) is 0. The van der Waals surface area contributed by atoms with Crippen molar-refractivity contribution in [2.24, 2.45) is 0 Å². The first-order valence-electron chi connectivity index (χ1n) is 3.81. The molecule has 0 aromatic carbocycles. The van der Waals surface area contributed by atoms with Crippen molar-refractivity contribution in [3.8, 4) is 0 Å². The minimum absolute atomic E-state index is 0.180. The minimum Gasteiger partial charge on any atom is -0.378 e. The maximum Gasteiger partial charge on any atom is 0.254 e. The molecule has 0 spiro atoms. The van der Waals surface area contributed by atoms with Crippen molar-refractivity contribution in [2.45, 2.75) is 25.4 Å². The fourth-order valence-corrected chi connectivity index (χ4v) is 1.71. The molecular formula is C7H11ClO3S. The fourth-order valence-electron chi connectivity index (χ4n) is 1.15. The fraction of sp³-hybridized carbons (Fsp3) is 0.714. The van der Waals surface area contributed by atoms with Gasteiger partial charge in [0.1, 0.15) is 0 Å². The molecule has 3 nitrogen and oxygen atoms in total. The van der Waals surface area contributed by atoms with Gasteiger partial charge in [-0.05, 0) is 19.3 Å². The van der Waals surface area contributed by atoms with E-state index in [-0.39, 0.29) is 6.10 Å². The standard InChI is InChI=1S/C7H11ClO3S/c8-12(9,10)6-2-4-7-3-1-5-11-7/h2,6-7H,1,3-5H2/b6-2-. The van der Waals surface area contributed by atoms with Crippen LogP contribution in [-0.4, -0.2) is 21.1 Å². The van der Waals surface area contributed by atoms with Gasteiger partial charge in [-0.3, -0.25) is 0 Å². The van der Waals surface area contributed by atoms with Gasteiger partial charge in [0.15, 0.2) is 0 Å². The molecule has 0 aromatic heterocycles. The Bertz CT molecular complexity index is 252. The SMILES string of the molecule is O=S(=O)(Cl)/C=C\CC1CCCO1. The lowest BCUT2D eigenvalue weighted by atomic mass is 10.2. The van der Waals surface area contributed by atoms with Gasteiger partial charge in [0.2, 0.25) is 0 Å². The lowest BCUT2D eigenvalue weighted by Crippen LogP contribution is -2.02. The van der Waals surface area contributed by atoms with Crippen LogP contribution in [-0.2, 0) is 13.8 Å². The molecule has 1 saturated heterocycles. The van der Waals surface area contributed by atoms with Gasteiger partial charge in [0.25, 0.3) is 9.05 Å². The van der Waals surface area contributed by atoms with Crippen LogP contribution in [0.1, 0.15) is 19.3 Å². The summed E-state index contributed by atoms with van der Waals surface area (Å²) in [5.41, 5.74) is 0. The third-order valence-electron chi connectivity index (χ3n) is 1.68. The summed E-state index contributed by atoms with van der Waals surface area (Å²) in [6.07, 6.45) is 4.42. The van der Waals surface area contributed by atoms with Crippen molar-refractivity contribution in [1.82, 2.24) is 0 Å². The summed E-state index contributed by atoms with van der Waals surface area (Å²) in [6.45, 7) is 0.784. The summed E-state index contributed by atoms with van der Waals surface area (Å²) < 4.78 is 26.2. The first-order valence-corrected chi connectivity index (χ1v) is 6.18. The minimum atomic E-state index is -3.48. The smallest absolute Gasteiger partial charge is 0.254 e. The topological polar surface area (TPSA) is 43.4 Å². The van der Waals surface area contributed by atoms with Crippen LogP contribution in [0.4, 0.5) is 0 Å². The van der Waals surface area contributed by atoms with Gasteiger partial charge in [0.05, 0.1) is 6.10 Å². The first kappa shape index (κ1) is 10.0. The average molecular weight is 211 g/mol. The van der Waals surface area contributed by atoms with E-state index in [0.717, 1.165) is 24.9 Å². The molecule has 1 rings (SSSR count). The van der Waals surface area contributed by atoms with Gasteiger partial charge in [-0.2, -0.15) is 0 Å². The Kier molecular flexibility index (Phi) is 3.55. The highest BCUT2D eigenvalue weighted by Gasteiger charge is 2.13. The van der Waals surface area contributed by atoms with Gasteiger partial charge < -0.3 is 4.74 Å². The normalized spacial score (nSPS) is 25.2. The van der Waals surface area contributed by atoms with Crippen LogP contribution in [0.15, 0.2) is 11.5 Å². The number of rotatable bonds is 3. The van der Waals surface area contributed by atoms with Crippen molar-refractivity contribution in [2.75, 3.05) is 6.61 Å². The maximum absolute atomic E-state index is 10.4. The summed E-state index contributed by atoms with van der Waals surface area (Å²) in [4.78, 5) is 0. The van der Waals surface area contributed by atoms with Crippen molar-refractivity contribution in [3.63, 3.8) is 0 Å². The molecule has 0 radical (unpaired) electrons. The van der Waals surface area contributed by atoms with Crippen LogP contribution in [0.3, 0.4) is 0 Å². The molecule has 12 heavy (non-hydrogen) atoms. The molecule has 0 N–H and O–H groups in total. The number of hydrogen-bond donors (Lipinski definition) is 0. The Hall–Kier alpha value is -0.0600. The van der Waals surface area contributed by atoms with E-state index in [9.17, 15) is 8.42 Å². The van der Waals surface area contributed by atoms with E-state index < -0.39 is 9.05 Å². The van der Waals surface area contributed by atoms with Crippen molar-refractivity contribution < 1.29 is 13.2 Å². The summed E-state index contributed by atoms with van der Waals surface area (Å²) in [7, 11) is 1.48. The second-order valence-electron chi connectivity index (χ2n) is 2.72. The van der Waals surface area contributed by atoms with Crippen LogP contribution >= 0.6 is 10.7 Å². The molecular weight excluding hydrogens is 200 g/mol. The van der Waals surface area contributed by atoms with E-state index in [1.54, 1.807) is 6.08 Å². The Balaban J connectivity index is 2.29. The molecule has 0 aliphatic carbocycles. The van der Waals surface area contributed by atoms with E-state index >= 15 is 0 Å². The molecule has 0 saturated carbocycles. The van der Waals surface area contributed by atoms with Crippen LogP contribution in [0, 0.1) is 0 Å². The summed E-state index contributed by atoms with van der Waals surface area (Å²) in [5.74, 6) is 0. The van der Waals surface area contributed by atoms with E-state index in [2.05, 4.69) is 0 Å². The van der Waals surface area contributed by atoms with Gasteiger partial charge in [0, 0.05) is 22.7 Å². The first-order chi connectivity index (χ1) is 5.58. The second kappa shape index (κ2) is 4.25. The molecule has 1 heterocycles. The van der Waals surface area contributed by atoms with E-state index in [4.69, 9.17) is 15.4 Å². The second-order valence-corrected chi connectivity index (χ2v) is 5.23. The van der Waals surface area contributed by atoms with Gasteiger partial charge in [-0.15, -0.1) is 0 Å². The third kappa shape index (κ3) is 4.09. The third-order valence-corrected chi connectivity index (χ3v) is 2.51. The van der Waals surface area contributed by atoms with Crippen molar-refractivity contribution in [3.05, 3.63) is 11.5 Å². The molecule has 1 fully saturated rings. The Morgan fingerprint density at radius 1 is 1.58 bits per heavy atom. The molecule has 1 aliphatic rings. The Morgan fingerprint density at radius 3 is 2.83 bits per heavy atom. The summed E-state index contributed by atoms with van der Waals surface area (Å²) in [5, 5.41) is 1.01. The number of halogens is 1. The summed E-state index contributed by atoms with van der Waals surface area (Å²) >= 11 is 0. The zero-order chi connectivity index (χ0) is 9.03. The van der Waals surface area contributed by atoms with E-state index in [1.807, 2.05) is 0 Å². The van der Waals surface area contributed by atoms with Crippen LogP contribution in [0.25, 0.3) is 0 Å². The molecule has 1 atom stereocenters. The van der Waals surface area contributed by atoms with Crippen LogP contribution in [0.5, 0.6) is 0 Å². The zero-order valence-corrected chi connectivity index (χ0v) is 8.14. The van der Waals surface area contributed by atoms with Crippen LogP contribution < -0.4 is 0 Å². The van der Waals surface area contributed by atoms with E-state index in [1.165, 1.54) is 0 Å². The van der Waals surface area contributed by atoms with Crippen LogP contribution in [0.2, 0.25) is 0 Å². The molecule has 1 unspecified atom stereocenters. The zero-order valence-electron chi connectivity index (χ0n) is 6.57. The molecule has 0 amide bonds. The molecule has 0 aromatic rings. The predicted octanol–water partition coefficient (Wildman–Crippen LogP) is 1.64. The molecule has 70 valence electrons. The van der Waals surface area contributed by atoms with Gasteiger partial charge in [-0.1, -0.05) is 6.08 Å². The molecule has 1 aliphatic heterocycles. The maximum atomic E-state index is 10.4. The predicted molar refractivity (Wildman–Crippen MR) is 47.5 cm³/mol. The van der Waals surface area contributed by atoms with E-state index in [0.29, 0.717) is 6.42 Å². The highest BCUT2D eigenvalue weighted by molar-refractivity contribution is 8.16. The monoisotopic (exact) mass is 210 g/mol. The molecule has 0 bridgehead atoms. The largest absolute Gasteiger partial charge is 0.378 e. The van der Waals surface area contributed by atoms with Gasteiger partial charge >= 0.3 is 0 Å². The quantitative estimate of drug-likeness (QED) is 0.666. The lowest BCUT2D eigenvalue weighted by molar-refractivity contribution is 0.113. The Labute approximate surface area is 76.8 Å². The Morgan fingerprint density at radius 2 is 2.33 bits per heavy atom. The van der Waals surface area contributed by atoms with Crippen molar-refractivity contribution >= 4 is 19.7 Å². The highest BCUT2D eigenvalue weighted by Crippen LogP contribution is 2.15.